The highest BCUT2D eigenvalue weighted by Crippen LogP contribution is 2.24. The van der Waals surface area contributed by atoms with E-state index in [1.807, 2.05) is 18.2 Å². The summed E-state index contributed by atoms with van der Waals surface area (Å²) in [7, 11) is 0. The summed E-state index contributed by atoms with van der Waals surface area (Å²) in [6.45, 7) is 6.09. The Hall–Kier alpha value is -1.04. The third-order valence-electron chi connectivity index (χ3n) is 3.98. The van der Waals surface area contributed by atoms with Crippen LogP contribution in [0, 0.1) is 11.8 Å². The van der Waals surface area contributed by atoms with Gasteiger partial charge in [-0.2, -0.15) is 0 Å². The summed E-state index contributed by atoms with van der Waals surface area (Å²) >= 11 is 1.68. The molecule has 3 N–H and O–H groups in total. The molecule has 0 aromatic heterocycles. The van der Waals surface area contributed by atoms with E-state index in [9.17, 15) is 9.90 Å². The van der Waals surface area contributed by atoms with Gasteiger partial charge in [0, 0.05) is 31.3 Å². The molecule has 3 unspecified atom stereocenters. The standard InChI is InChI=1S/C17H26N2O2S/c1-12(2)16(22-11-13-6-4-3-5-7-13)17(21)19-9-14-8-18-10-15(14)20/h3-7,12,14-16,18,20H,8-11H2,1-2H3,(H,19,21). The highest BCUT2D eigenvalue weighted by Gasteiger charge is 2.27. The minimum Gasteiger partial charge on any atom is -0.391 e. The summed E-state index contributed by atoms with van der Waals surface area (Å²) < 4.78 is 0. The van der Waals surface area contributed by atoms with Crippen LogP contribution in [0.1, 0.15) is 19.4 Å². The Kier molecular flexibility index (Phi) is 6.73. The van der Waals surface area contributed by atoms with Crippen molar-refractivity contribution in [1.82, 2.24) is 10.6 Å². The Labute approximate surface area is 137 Å². The number of aliphatic hydroxyl groups is 1. The first-order chi connectivity index (χ1) is 10.6. The summed E-state index contributed by atoms with van der Waals surface area (Å²) in [5.41, 5.74) is 1.24. The minimum atomic E-state index is -0.352. The number of aliphatic hydroxyl groups excluding tert-OH is 1. The van der Waals surface area contributed by atoms with Gasteiger partial charge in [0.15, 0.2) is 0 Å². The van der Waals surface area contributed by atoms with E-state index in [0.29, 0.717) is 13.1 Å². The molecular weight excluding hydrogens is 296 g/mol. The summed E-state index contributed by atoms with van der Waals surface area (Å²) in [5, 5.41) is 15.9. The van der Waals surface area contributed by atoms with Gasteiger partial charge >= 0.3 is 0 Å². The van der Waals surface area contributed by atoms with Crippen LogP contribution in [0.4, 0.5) is 0 Å². The first-order valence-corrected chi connectivity index (χ1v) is 8.95. The zero-order chi connectivity index (χ0) is 15.9. The molecule has 122 valence electrons. The second-order valence-corrected chi connectivity index (χ2v) is 7.32. The summed E-state index contributed by atoms with van der Waals surface area (Å²) in [6, 6.07) is 10.2. The van der Waals surface area contributed by atoms with Crippen LogP contribution in [0.2, 0.25) is 0 Å². The van der Waals surface area contributed by atoms with Crippen molar-refractivity contribution < 1.29 is 9.90 Å². The number of β-amino-alcohol motifs (C(OH)–C–C–N with tert-alkyl or cyclic N) is 1. The Morgan fingerprint density at radius 2 is 2.09 bits per heavy atom. The van der Waals surface area contributed by atoms with Crippen molar-refractivity contribution in [3.05, 3.63) is 35.9 Å². The number of rotatable bonds is 7. The van der Waals surface area contributed by atoms with Crippen LogP contribution in [0.5, 0.6) is 0 Å². The van der Waals surface area contributed by atoms with Crippen molar-refractivity contribution in [2.24, 2.45) is 11.8 Å². The van der Waals surface area contributed by atoms with Gasteiger partial charge in [-0.05, 0) is 11.5 Å². The fraction of sp³-hybridized carbons (Fsp3) is 0.588. The second-order valence-electron chi connectivity index (χ2n) is 6.19. The summed E-state index contributed by atoms with van der Waals surface area (Å²) in [4.78, 5) is 12.4. The number of amides is 1. The Bertz CT molecular complexity index is 467. The van der Waals surface area contributed by atoms with Crippen LogP contribution in [-0.2, 0) is 10.5 Å². The van der Waals surface area contributed by atoms with Crippen LogP contribution in [0.3, 0.4) is 0 Å². The third-order valence-corrected chi connectivity index (χ3v) is 5.60. The topological polar surface area (TPSA) is 61.4 Å². The van der Waals surface area contributed by atoms with E-state index in [1.54, 1.807) is 11.8 Å². The van der Waals surface area contributed by atoms with Crippen molar-refractivity contribution in [3.8, 4) is 0 Å². The molecule has 3 atom stereocenters. The number of benzene rings is 1. The Balaban J connectivity index is 1.83. The molecule has 1 aliphatic heterocycles. The second kappa shape index (κ2) is 8.56. The molecule has 1 heterocycles. The van der Waals surface area contributed by atoms with Crippen LogP contribution < -0.4 is 10.6 Å². The van der Waals surface area contributed by atoms with Gasteiger partial charge in [0.25, 0.3) is 0 Å². The first-order valence-electron chi connectivity index (χ1n) is 7.90. The van der Waals surface area contributed by atoms with E-state index in [-0.39, 0.29) is 29.1 Å². The number of nitrogens with one attached hydrogen (secondary N) is 2. The van der Waals surface area contributed by atoms with Gasteiger partial charge in [0.1, 0.15) is 0 Å². The fourth-order valence-corrected chi connectivity index (χ4v) is 3.77. The molecule has 1 aromatic carbocycles. The number of thioether (sulfide) groups is 1. The van der Waals surface area contributed by atoms with Crippen molar-refractivity contribution in [2.45, 2.75) is 31.0 Å². The van der Waals surface area contributed by atoms with Crippen LogP contribution in [-0.4, -0.2) is 42.0 Å². The van der Waals surface area contributed by atoms with Gasteiger partial charge in [0.2, 0.25) is 5.91 Å². The highest BCUT2D eigenvalue weighted by molar-refractivity contribution is 7.99. The molecule has 0 saturated carbocycles. The maximum Gasteiger partial charge on any atom is 0.233 e. The van der Waals surface area contributed by atoms with Gasteiger partial charge in [-0.15, -0.1) is 11.8 Å². The molecule has 0 radical (unpaired) electrons. The average Bonchev–Trinajstić information content (AvgIpc) is 2.91. The molecule has 2 rings (SSSR count). The first kappa shape index (κ1) is 17.3. The predicted molar refractivity (Wildman–Crippen MR) is 91.7 cm³/mol. The van der Waals surface area contributed by atoms with Gasteiger partial charge < -0.3 is 15.7 Å². The summed E-state index contributed by atoms with van der Waals surface area (Å²) in [5.74, 6) is 1.32. The average molecular weight is 322 g/mol. The molecule has 1 aromatic rings. The quantitative estimate of drug-likeness (QED) is 0.714. The van der Waals surface area contributed by atoms with E-state index in [1.165, 1.54) is 5.56 Å². The van der Waals surface area contributed by atoms with Gasteiger partial charge in [-0.3, -0.25) is 4.79 Å². The molecule has 1 saturated heterocycles. The lowest BCUT2D eigenvalue weighted by atomic mass is 10.1. The fourth-order valence-electron chi connectivity index (χ4n) is 2.59. The molecule has 0 spiro atoms. The van der Waals surface area contributed by atoms with Crippen LogP contribution >= 0.6 is 11.8 Å². The number of carbonyl (C=O) groups excluding carboxylic acids is 1. The predicted octanol–water partition coefficient (Wildman–Crippen LogP) is 1.64. The Morgan fingerprint density at radius 1 is 1.36 bits per heavy atom. The summed E-state index contributed by atoms with van der Waals surface area (Å²) in [6.07, 6.45) is -0.352. The molecule has 4 nitrogen and oxygen atoms in total. The minimum absolute atomic E-state index is 0.0632. The van der Waals surface area contributed by atoms with Crippen LogP contribution in [0.15, 0.2) is 30.3 Å². The van der Waals surface area contributed by atoms with Gasteiger partial charge in [0.05, 0.1) is 11.4 Å². The molecule has 1 fully saturated rings. The van der Waals surface area contributed by atoms with E-state index < -0.39 is 0 Å². The normalized spacial score (nSPS) is 22.7. The van der Waals surface area contributed by atoms with Crippen molar-refractivity contribution >= 4 is 17.7 Å². The van der Waals surface area contributed by atoms with E-state index in [2.05, 4.69) is 36.6 Å². The lowest BCUT2D eigenvalue weighted by molar-refractivity contribution is -0.121. The van der Waals surface area contributed by atoms with Crippen molar-refractivity contribution in [1.29, 1.82) is 0 Å². The molecule has 1 aliphatic rings. The smallest absolute Gasteiger partial charge is 0.233 e. The van der Waals surface area contributed by atoms with E-state index in [0.717, 1.165) is 12.3 Å². The van der Waals surface area contributed by atoms with Crippen molar-refractivity contribution in [3.63, 3.8) is 0 Å². The van der Waals surface area contributed by atoms with E-state index >= 15 is 0 Å². The molecular formula is C17H26N2O2S. The maximum absolute atomic E-state index is 12.4. The zero-order valence-electron chi connectivity index (χ0n) is 13.3. The lowest BCUT2D eigenvalue weighted by Gasteiger charge is -2.22. The molecule has 5 heteroatoms. The number of carbonyl (C=O) groups is 1. The van der Waals surface area contributed by atoms with Crippen LogP contribution in [0.25, 0.3) is 0 Å². The SMILES string of the molecule is CC(C)C(SCc1ccccc1)C(=O)NCC1CNCC1O. The molecule has 0 aliphatic carbocycles. The number of hydrogen-bond donors (Lipinski definition) is 3. The molecule has 22 heavy (non-hydrogen) atoms. The lowest BCUT2D eigenvalue weighted by Crippen LogP contribution is -2.40. The van der Waals surface area contributed by atoms with Gasteiger partial charge in [-0.25, -0.2) is 0 Å². The van der Waals surface area contributed by atoms with Gasteiger partial charge in [-0.1, -0.05) is 44.2 Å². The van der Waals surface area contributed by atoms with Crippen molar-refractivity contribution in [2.75, 3.05) is 19.6 Å². The van der Waals surface area contributed by atoms with E-state index in [4.69, 9.17) is 0 Å². The number of hydrogen-bond acceptors (Lipinski definition) is 4. The third kappa shape index (κ3) is 5.00. The zero-order valence-corrected chi connectivity index (χ0v) is 14.1. The highest BCUT2D eigenvalue weighted by atomic mass is 32.2. The maximum atomic E-state index is 12.4. The molecule has 0 bridgehead atoms. The monoisotopic (exact) mass is 322 g/mol. The Morgan fingerprint density at radius 3 is 2.68 bits per heavy atom. The molecule has 1 amide bonds. The largest absolute Gasteiger partial charge is 0.391 e.